The predicted octanol–water partition coefficient (Wildman–Crippen LogP) is 3.51. The van der Waals surface area contributed by atoms with Crippen molar-refractivity contribution in [2.45, 2.75) is 52.0 Å². The summed E-state index contributed by atoms with van der Waals surface area (Å²) in [5.41, 5.74) is 3.46. The fourth-order valence-corrected chi connectivity index (χ4v) is 3.31. The van der Waals surface area contributed by atoms with Gasteiger partial charge in [0.15, 0.2) is 0 Å². The quantitative estimate of drug-likeness (QED) is 0.795. The molecular formula is C18H30N2. The minimum Gasteiger partial charge on any atom is -0.319 e. The molecular weight excluding hydrogens is 244 g/mol. The van der Waals surface area contributed by atoms with E-state index < -0.39 is 0 Å². The van der Waals surface area contributed by atoms with Crippen molar-refractivity contribution >= 4 is 0 Å². The van der Waals surface area contributed by atoms with E-state index in [1.807, 2.05) is 7.05 Å². The fourth-order valence-electron chi connectivity index (χ4n) is 3.31. The molecule has 2 nitrogen and oxygen atoms in total. The van der Waals surface area contributed by atoms with Crippen LogP contribution in [0.25, 0.3) is 0 Å². The van der Waals surface area contributed by atoms with E-state index in [0.717, 1.165) is 26.1 Å². The average Bonchev–Trinajstić information content (AvgIpc) is 2.47. The summed E-state index contributed by atoms with van der Waals surface area (Å²) in [6.45, 7) is 5.67. The van der Waals surface area contributed by atoms with Crippen molar-refractivity contribution in [3.8, 4) is 0 Å². The van der Waals surface area contributed by atoms with Crippen molar-refractivity contribution in [2.75, 3.05) is 20.1 Å². The molecule has 1 aliphatic carbocycles. The Kier molecular flexibility index (Phi) is 6.06. The zero-order chi connectivity index (χ0) is 14.3. The molecule has 0 unspecified atom stereocenters. The van der Waals surface area contributed by atoms with E-state index in [1.54, 1.807) is 0 Å². The van der Waals surface area contributed by atoms with Gasteiger partial charge in [0.2, 0.25) is 0 Å². The predicted molar refractivity (Wildman–Crippen MR) is 87.0 cm³/mol. The summed E-state index contributed by atoms with van der Waals surface area (Å²) in [7, 11) is 2.02. The molecule has 1 aromatic carbocycles. The maximum absolute atomic E-state index is 3.71. The molecule has 112 valence electrons. The second-order valence-electron chi connectivity index (χ2n) is 6.60. The van der Waals surface area contributed by atoms with E-state index in [1.165, 1.54) is 43.2 Å². The summed E-state index contributed by atoms with van der Waals surface area (Å²) >= 11 is 0. The van der Waals surface area contributed by atoms with Crippen LogP contribution in [0.1, 0.15) is 50.2 Å². The van der Waals surface area contributed by atoms with Crippen LogP contribution in [-0.4, -0.2) is 20.1 Å². The van der Waals surface area contributed by atoms with Crippen LogP contribution in [0.4, 0.5) is 0 Å². The van der Waals surface area contributed by atoms with Crippen molar-refractivity contribution in [1.82, 2.24) is 10.6 Å². The number of likely N-dealkylation sites (N-methyl/N-ethyl adjacent to an activating group) is 1. The molecule has 0 aliphatic heterocycles. The molecule has 2 N–H and O–H groups in total. The number of benzene rings is 1. The molecule has 0 saturated heterocycles. The van der Waals surface area contributed by atoms with E-state index in [2.05, 4.69) is 41.8 Å². The van der Waals surface area contributed by atoms with Gasteiger partial charge in [-0.25, -0.2) is 0 Å². The van der Waals surface area contributed by atoms with Gasteiger partial charge in [-0.1, -0.05) is 50.5 Å². The van der Waals surface area contributed by atoms with Crippen molar-refractivity contribution in [2.24, 2.45) is 5.41 Å². The van der Waals surface area contributed by atoms with Crippen LogP contribution in [0.15, 0.2) is 24.3 Å². The minimum absolute atomic E-state index is 0.526. The zero-order valence-corrected chi connectivity index (χ0v) is 13.2. The highest BCUT2D eigenvalue weighted by Crippen LogP contribution is 2.34. The van der Waals surface area contributed by atoms with E-state index in [-0.39, 0.29) is 0 Å². The van der Waals surface area contributed by atoms with Gasteiger partial charge in [-0.05, 0) is 49.4 Å². The Bertz CT molecular complexity index is 394. The second-order valence-corrected chi connectivity index (χ2v) is 6.60. The van der Waals surface area contributed by atoms with Crippen LogP contribution in [0.3, 0.4) is 0 Å². The molecule has 1 fully saturated rings. The summed E-state index contributed by atoms with van der Waals surface area (Å²) in [5, 5.41) is 6.95. The molecule has 0 heterocycles. The number of hydrogen-bond donors (Lipinski definition) is 2. The molecule has 0 bridgehead atoms. The van der Waals surface area contributed by atoms with Gasteiger partial charge in [-0.2, -0.15) is 0 Å². The Labute approximate surface area is 124 Å². The van der Waals surface area contributed by atoms with Crippen molar-refractivity contribution in [3.63, 3.8) is 0 Å². The Hall–Kier alpha value is -0.860. The third-order valence-electron chi connectivity index (χ3n) is 4.69. The van der Waals surface area contributed by atoms with Crippen molar-refractivity contribution in [1.29, 1.82) is 0 Å². The molecule has 1 saturated carbocycles. The normalized spacial score (nSPS) is 18.1. The number of rotatable bonds is 7. The largest absolute Gasteiger partial charge is 0.319 e. The summed E-state index contributed by atoms with van der Waals surface area (Å²) in [4.78, 5) is 0. The Morgan fingerprint density at radius 3 is 2.45 bits per heavy atom. The first-order chi connectivity index (χ1) is 9.73. The monoisotopic (exact) mass is 274 g/mol. The van der Waals surface area contributed by atoms with Crippen LogP contribution in [0, 0.1) is 5.41 Å². The summed E-state index contributed by atoms with van der Waals surface area (Å²) in [5.74, 6) is 0. The SMILES string of the molecule is CNCCc1ccccc1CNCC1(C)CCCCC1. The molecule has 0 radical (unpaired) electrons. The summed E-state index contributed by atoms with van der Waals surface area (Å²) in [6.07, 6.45) is 8.16. The van der Waals surface area contributed by atoms with Crippen LogP contribution >= 0.6 is 0 Å². The fraction of sp³-hybridized carbons (Fsp3) is 0.667. The molecule has 0 atom stereocenters. The molecule has 0 amide bonds. The standard InChI is InChI=1S/C18H30N2/c1-18(11-6-3-7-12-18)15-20-14-17-9-5-4-8-16(17)10-13-19-2/h4-5,8-9,19-20H,3,6-7,10-15H2,1-2H3. The van der Waals surface area contributed by atoms with Gasteiger partial charge in [-0.3, -0.25) is 0 Å². The van der Waals surface area contributed by atoms with Gasteiger partial charge < -0.3 is 10.6 Å². The lowest BCUT2D eigenvalue weighted by Gasteiger charge is -2.34. The highest BCUT2D eigenvalue weighted by Gasteiger charge is 2.25. The molecule has 2 rings (SSSR count). The van der Waals surface area contributed by atoms with E-state index in [4.69, 9.17) is 0 Å². The summed E-state index contributed by atoms with van der Waals surface area (Å²) < 4.78 is 0. The van der Waals surface area contributed by atoms with Crippen LogP contribution in [-0.2, 0) is 13.0 Å². The van der Waals surface area contributed by atoms with E-state index in [9.17, 15) is 0 Å². The number of hydrogen-bond acceptors (Lipinski definition) is 2. The van der Waals surface area contributed by atoms with Gasteiger partial charge in [0.05, 0.1) is 0 Å². The molecule has 20 heavy (non-hydrogen) atoms. The topological polar surface area (TPSA) is 24.1 Å². The van der Waals surface area contributed by atoms with Gasteiger partial charge in [0, 0.05) is 13.1 Å². The van der Waals surface area contributed by atoms with Gasteiger partial charge in [-0.15, -0.1) is 0 Å². The number of nitrogens with one attached hydrogen (secondary N) is 2. The van der Waals surface area contributed by atoms with Crippen molar-refractivity contribution in [3.05, 3.63) is 35.4 Å². The molecule has 2 heteroatoms. The van der Waals surface area contributed by atoms with Crippen LogP contribution in [0.2, 0.25) is 0 Å². The Morgan fingerprint density at radius 1 is 1.05 bits per heavy atom. The lowest BCUT2D eigenvalue weighted by atomic mass is 9.76. The first kappa shape index (κ1) is 15.5. The second kappa shape index (κ2) is 7.80. The smallest absolute Gasteiger partial charge is 0.0208 e. The van der Waals surface area contributed by atoms with E-state index >= 15 is 0 Å². The first-order valence-electron chi connectivity index (χ1n) is 8.16. The third kappa shape index (κ3) is 4.60. The van der Waals surface area contributed by atoms with Crippen molar-refractivity contribution < 1.29 is 0 Å². The highest BCUT2D eigenvalue weighted by molar-refractivity contribution is 5.27. The average molecular weight is 274 g/mol. The minimum atomic E-state index is 0.526. The Balaban J connectivity index is 1.84. The van der Waals surface area contributed by atoms with Gasteiger partial charge in [0.1, 0.15) is 0 Å². The maximum Gasteiger partial charge on any atom is 0.0208 e. The molecule has 0 aromatic heterocycles. The van der Waals surface area contributed by atoms with Gasteiger partial charge in [0.25, 0.3) is 0 Å². The van der Waals surface area contributed by atoms with Gasteiger partial charge >= 0.3 is 0 Å². The van der Waals surface area contributed by atoms with Crippen LogP contribution < -0.4 is 10.6 Å². The zero-order valence-electron chi connectivity index (χ0n) is 13.2. The van der Waals surface area contributed by atoms with Crippen LogP contribution in [0.5, 0.6) is 0 Å². The third-order valence-corrected chi connectivity index (χ3v) is 4.69. The lowest BCUT2D eigenvalue weighted by molar-refractivity contribution is 0.207. The summed E-state index contributed by atoms with van der Waals surface area (Å²) in [6, 6.07) is 8.83. The highest BCUT2D eigenvalue weighted by atomic mass is 14.9. The molecule has 1 aliphatic rings. The van der Waals surface area contributed by atoms with E-state index in [0.29, 0.717) is 5.41 Å². The lowest BCUT2D eigenvalue weighted by Crippen LogP contribution is -2.33. The Morgan fingerprint density at radius 2 is 1.75 bits per heavy atom. The first-order valence-corrected chi connectivity index (χ1v) is 8.16. The molecule has 0 spiro atoms. The molecule has 1 aromatic rings. The maximum atomic E-state index is 3.71.